The Balaban J connectivity index is 1.49. The molecule has 0 spiro atoms. The van der Waals surface area contributed by atoms with Gasteiger partial charge in [0.2, 0.25) is 5.91 Å². The van der Waals surface area contributed by atoms with E-state index in [1.807, 2.05) is 81.4 Å². The lowest BCUT2D eigenvalue weighted by atomic mass is 9.90. The molecule has 1 aliphatic rings. The van der Waals surface area contributed by atoms with Crippen LogP contribution in [0.1, 0.15) is 32.6 Å². The van der Waals surface area contributed by atoms with Gasteiger partial charge in [-0.2, -0.15) is 0 Å². The van der Waals surface area contributed by atoms with Crippen molar-refractivity contribution in [2.24, 2.45) is 5.41 Å². The Hall–Kier alpha value is -2.41. The van der Waals surface area contributed by atoms with Crippen LogP contribution in [0.25, 0.3) is 10.8 Å². The molecule has 0 bridgehead atoms. The number of carbonyl (C=O) groups excluding carboxylic acids is 1. The topological polar surface area (TPSA) is 56.8 Å². The van der Waals surface area contributed by atoms with Crippen molar-refractivity contribution < 1.29 is 19.0 Å². The highest BCUT2D eigenvalue weighted by molar-refractivity contribution is 9.10. The SMILES string of the molecule is CC(C)Oc1ccc(NC(=O)C2(C)COC(c3ccc(Br)cc3)OC2)c2ccccc12. The second kappa shape index (κ2) is 8.99. The van der Waals surface area contributed by atoms with Gasteiger partial charge in [-0.15, -0.1) is 0 Å². The molecule has 1 saturated heterocycles. The molecule has 5 nitrogen and oxygen atoms in total. The van der Waals surface area contributed by atoms with Gasteiger partial charge in [0.05, 0.1) is 24.7 Å². The zero-order valence-corrected chi connectivity index (χ0v) is 19.4. The zero-order chi connectivity index (χ0) is 22.0. The summed E-state index contributed by atoms with van der Waals surface area (Å²) in [4.78, 5) is 13.2. The fourth-order valence-corrected chi connectivity index (χ4v) is 3.83. The average Bonchev–Trinajstić information content (AvgIpc) is 2.76. The van der Waals surface area contributed by atoms with Crippen molar-refractivity contribution in [1.29, 1.82) is 0 Å². The number of halogens is 1. The normalized spacial score (nSPS) is 21.3. The first-order chi connectivity index (χ1) is 14.9. The van der Waals surface area contributed by atoms with Crippen LogP contribution in [0.4, 0.5) is 5.69 Å². The van der Waals surface area contributed by atoms with Gasteiger partial charge in [0.1, 0.15) is 5.75 Å². The number of fused-ring (bicyclic) bond motifs is 1. The number of carbonyl (C=O) groups is 1. The van der Waals surface area contributed by atoms with Crippen molar-refractivity contribution >= 4 is 38.3 Å². The van der Waals surface area contributed by atoms with Gasteiger partial charge < -0.3 is 19.5 Å². The molecule has 0 aliphatic carbocycles. The molecule has 0 atom stereocenters. The molecule has 4 rings (SSSR count). The first-order valence-electron chi connectivity index (χ1n) is 10.3. The number of ether oxygens (including phenoxy) is 3. The Labute approximate surface area is 190 Å². The monoisotopic (exact) mass is 483 g/mol. The van der Waals surface area contributed by atoms with E-state index < -0.39 is 11.7 Å². The van der Waals surface area contributed by atoms with Crippen LogP contribution in [0.3, 0.4) is 0 Å². The van der Waals surface area contributed by atoms with E-state index in [1.54, 1.807) is 0 Å². The molecule has 1 amide bonds. The maximum absolute atomic E-state index is 13.2. The van der Waals surface area contributed by atoms with Crippen molar-refractivity contribution in [3.63, 3.8) is 0 Å². The molecule has 1 aliphatic heterocycles. The highest BCUT2D eigenvalue weighted by atomic mass is 79.9. The summed E-state index contributed by atoms with van der Waals surface area (Å²) in [5.74, 6) is 0.668. The quantitative estimate of drug-likeness (QED) is 0.477. The number of hydrogen-bond acceptors (Lipinski definition) is 4. The third kappa shape index (κ3) is 4.76. The minimum Gasteiger partial charge on any atom is -0.490 e. The molecule has 6 heteroatoms. The summed E-state index contributed by atoms with van der Waals surface area (Å²) in [6.07, 6.45) is -0.403. The lowest BCUT2D eigenvalue weighted by molar-refractivity contribution is -0.226. The molecule has 0 aromatic heterocycles. The van der Waals surface area contributed by atoms with Crippen molar-refractivity contribution in [3.8, 4) is 5.75 Å². The van der Waals surface area contributed by atoms with Crippen molar-refractivity contribution in [1.82, 2.24) is 0 Å². The molecule has 3 aromatic carbocycles. The number of benzene rings is 3. The molecule has 0 unspecified atom stereocenters. The highest BCUT2D eigenvalue weighted by Crippen LogP contribution is 2.36. The van der Waals surface area contributed by atoms with Crippen LogP contribution in [0.15, 0.2) is 65.1 Å². The Kier molecular flexibility index (Phi) is 6.32. The second-order valence-electron chi connectivity index (χ2n) is 8.34. The lowest BCUT2D eigenvalue weighted by Gasteiger charge is -2.36. The molecular formula is C25H26BrNO4. The van der Waals surface area contributed by atoms with Gasteiger partial charge in [0.25, 0.3) is 0 Å². The summed E-state index contributed by atoms with van der Waals surface area (Å²) in [5, 5.41) is 4.97. The van der Waals surface area contributed by atoms with E-state index in [4.69, 9.17) is 14.2 Å². The van der Waals surface area contributed by atoms with Crippen LogP contribution in [0.5, 0.6) is 5.75 Å². The number of hydrogen-bond donors (Lipinski definition) is 1. The first-order valence-corrected chi connectivity index (χ1v) is 11.1. The van der Waals surface area contributed by atoms with Crippen LogP contribution in [-0.4, -0.2) is 25.2 Å². The number of rotatable bonds is 5. The molecule has 3 aromatic rings. The van der Waals surface area contributed by atoms with Crippen LogP contribution < -0.4 is 10.1 Å². The lowest BCUT2D eigenvalue weighted by Crippen LogP contribution is -2.45. The van der Waals surface area contributed by atoms with Crippen LogP contribution >= 0.6 is 15.9 Å². The number of nitrogens with one attached hydrogen (secondary N) is 1. The Bertz CT molecular complexity index is 1070. The summed E-state index contributed by atoms with van der Waals surface area (Å²) in [5.41, 5.74) is 0.880. The van der Waals surface area contributed by atoms with Gasteiger partial charge in [0, 0.05) is 26.5 Å². The van der Waals surface area contributed by atoms with Gasteiger partial charge in [-0.3, -0.25) is 4.79 Å². The van der Waals surface area contributed by atoms with Gasteiger partial charge in [-0.05, 0) is 45.0 Å². The second-order valence-corrected chi connectivity index (χ2v) is 9.26. The van der Waals surface area contributed by atoms with Gasteiger partial charge in [-0.25, -0.2) is 0 Å². The van der Waals surface area contributed by atoms with E-state index in [1.165, 1.54) is 0 Å². The Morgan fingerprint density at radius 2 is 1.68 bits per heavy atom. The summed E-state index contributed by atoms with van der Waals surface area (Å²) < 4.78 is 18.7. The van der Waals surface area contributed by atoms with E-state index in [9.17, 15) is 4.79 Å². The molecule has 162 valence electrons. The minimum atomic E-state index is -0.792. The predicted octanol–water partition coefficient (Wildman–Crippen LogP) is 6.08. The summed E-state index contributed by atoms with van der Waals surface area (Å²) in [7, 11) is 0. The molecule has 31 heavy (non-hydrogen) atoms. The largest absolute Gasteiger partial charge is 0.490 e. The van der Waals surface area contributed by atoms with Crippen LogP contribution in [-0.2, 0) is 14.3 Å². The third-order valence-electron chi connectivity index (χ3n) is 5.29. The van der Waals surface area contributed by atoms with Crippen LogP contribution in [0, 0.1) is 5.41 Å². The smallest absolute Gasteiger partial charge is 0.235 e. The average molecular weight is 484 g/mol. The summed E-state index contributed by atoms with van der Waals surface area (Å²) >= 11 is 3.43. The van der Waals surface area contributed by atoms with E-state index in [2.05, 4.69) is 21.2 Å². The molecule has 0 saturated carbocycles. The van der Waals surface area contributed by atoms with Crippen molar-refractivity contribution in [2.45, 2.75) is 33.2 Å². The number of anilines is 1. The minimum absolute atomic E-state index is 0.0676. The van der Waals surface area contributed by atoms with E-state index >= 15 is 0 Å². The van der Waals surface area contributed by atoms with Gasteiger partial charge >= 0.3 is 0 Å². The Morgan fingerprint density at radius 3 is 2.32 bits per heavy atom. The fraction of sp³-hybridized carbons (Fsp3) is 0.320. The Morgan fingerprint density at radius 1 is 1.03 bits per heavy atom. The van der Waals surface area contributed by atoms with E-state index in [-0.39, 0.29) is 25.2 Å². The van der Waals surface area contributed by atoms with E-state index in [0.717, 1.165) is 32.2 Å². The fourth-order valence-electron chi connectivity index (χ4n) is 3.56. The molecule has 1 fully saturated rings. The summed E-state index contributed by atoms with van der Waals surface area (Å²) in [6.45, 7) is 6.39. The van der Waals surface area contributed by atoms with Gasteiger partial charge in [-0.1, -0.05) is 52.3 Å². The maximum Gasteiger partial charge on any atom is 0.235 e. The predicted molar refractivity (Wildman–Crippen MR) is 125 cm³/mol. The third-order valence-corrected chi connectivity index (χ3v) is 5.82. The standard InChI is InChI=1S/C25H26BrNO4/c1-16(2)31-22-13-12-21(19-6-4-5-7-20(19)22)27-24(28)25(3)14-29-23(30-15-25)17-8-10-18(26)11-9-17/h4-13,16,23H,14-15H2,1-3H3,(H,27,28). The molecular weight excluding hydrogens is 458 g/mol. The maximum atomic E-state index is 13.2. The summed E-state index contributed by atoms with van der Waals surface area (Å²) in [6, 6.07) is 19.5. The van der Waals surface area contributed by atoms with E-state index in [0.29, 0.717) is 0 Å². The molecule has 0 radical (unpaired) electrons. The van der Waals surface area contributed by atoms with Gasteiger partial charge in [0.15, 0.2) is 6.29 Å². The van der Waals surface area contributed by atoms with Crippen molar-refractivity contribution in [2.75, 3.05) is 18.5 Å². The molecule has 1 N–H and O–H groups in total. The number of amides is 1. The van der Waals surface area contributed by atoms with Crippen LogP contribution in [0.2, 0.25) is 0 Å². The van der Waals surface area contributed by atoms with Crippen molar-refractivity contribution in [3.05, 3.63) is 70.7 Å². The highest BCUT2D eigenvalue weighted by Gasteiger charge is 2.40. The zero-order valence-electron chi connectivity index (χ0n) is 17.9. The molecule has 1 heterocycles. The first kappa shape index (κ1) is 21.8.